The van der Waals surface area contributed by atoms with Crippen molar-refractivity contribution in [2.24, 2.45) is 0 Å². The zero-order chi connectivity index (χ0) is 11.7. The molecular weight excluding hydrogens is 274 g/mol. The number of nitrogen functional groups attached to an aromatic ring is 1. The summed E-state index contributed by atoms with van der Waals surface area (Å²) >= 11 is 3.34. The Morgan fingerprint density at radius 2 is 2.19 bits per heavy atom. The summed E-state index contributed by atoms with van der Waals surface area (Å²) in [5.41, 5.74) is 6.37. The number of aliphatic carboxylic acids is 1. The molecule has 0 saturated carbocycles. The van der Waals surface area contributed by atoms with Crippen LogP contribution in [0.2, 0.25) is 0 Å². The normalized spacial score (nSPS) is 10.6. The third-order valence-corrected chi connectivity index (χ3v) is 2.70. The number of benzene rings is 1. The predicted octanol–water partition coefficient (Wildman–Crippen LogP) is 1.60. The van der Waals surface area contributed by atoms with Gasteiger partial charge in [0.1, 0.15) is 18.1 Å². The number of nitrogens with zero attached hydrogens (tertiary/aromatic N) is 2. The maximum absolute atomic E-state index is 10.6. The Kier molecular flexibility index (Phi) is 2.74. The first-order valence-corrected chi connectivity index (χ1v) is 5.29. The number of hydrogen-bond donors (Lipinski definition) is 2. The Bertz CT molecular complexity index is 571. The average molecular weight is 282 g/mol. The van der Waals surface area contributed by atoms with E-state index in [0.717, 1.165) is 4.47 Å². The van der Waals surface area contributed by atoms with E-state index in [2.05, 4.69) is 25.9 Å². The Balaban J connectivity index is 2.65. The molecule has 0 aliphatic heterocycles. The molecule has 1 heterocycles. The van der Waals surface area contributed by atoms with Gasteiger partial charge in [-0.2, -0.15) is 0 Å². The van der Waals surface area contributed by atoms with Crippen LogP contribution in [0, 0.1) is 0 Å². The van der Waals surface area contributed by atoms with E-state index in [-0.39, 0.29) is 12.2 Å². The third kappa shape index (κ3) is 1.96. The smallest absolute Gasteiger partial charge is 0.311 e. The first-order valence-electron chi connectivity index (χ1n) is 4.50. The molecule has 0 radical (unpaired) electrons. The molecule has 1 aromatic carbocycles. The van der Waals surface area contributed by atoms with Crippen molar-refractivity contribution in [3.8, 4) is 0 Å². The first-order chi connectivity index (χ1) is 7.58. The molecule has 0 aliphatic carbocycles. The molecule has 5 nitrogen and oxygen atoms in total. The summed E-state index contributed by atoms with van der Waals surface area (Å²) in [5, 5.41) is 9.38. The van der Waals surface area contributed by atoms with Gasteiger partial charge < -0.3 is 10.8 Å². The van der Waals surface area contributed by atoms with Gasteiger partial charge in [-0.05, 0) is 28.1 Å². The fourth-order valence-electron chi connectivity index (χ4n) is 1.40. The highest BCUT2D eigenvalue weighted by Gasteiger charge is 2.09. The van der Waals surface area contributed by atoms with Crippen molar-refractivity contribution in [3.05, 3.63) is 28.5 Å². The highest BCUT2D eigenvalue weighted by Crippen LogP contribution is 2.25. The van der Waals surface area contributed by atoms with Crippen molar-refractivity contribution in [1.29, 1.82) is 0 Å². The lowest BCUT2D eigenvalue weighted by molar-refractivity contribution is -0.136. The van der Waals surface area contributed by atoms with Gasteiger partial charge in [0, 0.05) is 9.86 Å². The minimum Gasteiger partial charge on any atom is -0.481 e. The molecule has 0 saturated heterocycles. The van der Waals surface area contributed by atoms with Crippen LogP contribution in [0.3, 0.4) is 0 Å². The lowest BCUT2D eigenvalue weighted by atomic mass is 10.2. The molecular formula is C10H8BrN3O2. The monoisotopic (exact) mass is 281 g/mol. The number of para-hydroxylation sites is 1. The summed E-state index contributed by atoms with van der Waals surface area (Å²) in [6.45, 7) is 0. The van der Waals surface area contributed by atoms with E-state index < -0.39 is 5.97 Å². The van der Waals surface area contributed by atoms with E-state index in [4.69, 9.17) is 10.8 Å². The molecule has 6 heteroatoms. The van der Waals surface area contributed by atoms with Crippen molar-refractivity contribution >= 4 is 38.6 Å². The minimum atomic E-state index is -0.981. The molecule has 3 N–H and O–H groups in total. The van der Waals surface area contributed by atoms with Crippen LogP contribution in [-0.4, -0.2) is 21.0 Å². The Labute approximate surface area is 99.4 Å². The maximum Gasteiger partial charge on any atom is 0.311 e. The highest BCUT2D eigenvalue weighted by molar-refractivity contribution is 9.10. The van der Waals surface area contributed by atoms with E-state index in [1.165, 1.54) is 0 Å². The number of aromatic nitrogens is 2. The SMILES string of the molecule is Nc1nc(CC(=O)O)nc2c(Br)cccc12. The van der Waals surface area contributed by atoms with E-state index in [9.17, 15) is 4.79 Å². The number of carbonyl (C=O) groups is 1. The standard InChI is InChI=1S/C10H8BrN3O2/c11-6-3-1-2-5-9(6)13-7(4-8(15)16)14-10(5)12/h1-3H,4H2,(H,15,16)(H2,12,13,14). The van der Waals surface area contributed by atoms with Gasteiger partial charge in [0.05, 0.1) is 5.52 Å². The summed E-state index contributed by atoms with van der Waals surface area (Å²) in [6.07, 6.45) is -0.235. The maximum atomic E-state index is 10.6. The second-order valence-corrected chi connectivity index (χ2v) is 4.09. The van der Waals surface area contributed by atoms with E-state index in [1.54, 1.807) is 6.07 Å². The molecule has 2 aromatic rings. The second kappa shape index (κ2) is 4.05. The van der Waals surface area contributed by atoms with Gasteiger partial charge in [-0.3, -0.25) is 4.79 Å². The van der Waals surface area contributed by atoms with Gasteiger partial charge in [0.25, 0.3) is 0 Å². The number of carboxylic acid groups (broad SMARTS) is 1. The van der Waals surface area contributed by atoms with Crippen molar-refractivity contribution < 1.29 is 9.90 Å². The van der Waals surface area contributed by atoms with Crippen LogP contribution < -0.4 is 5.73 Å². The number of halogens is 1. The molecule has 0 aliphatic rings. The van der Waals surface area contributed by atoms with Crippen molar-refractivity contribution in [1.82, 2.24) is 9.97 Å². The van der Waals surface area contributed by atoms with Gasteiger partial charge in [-0.1, -0.05) is 6.07 Å². The largest absolute Gasteiger partial charge is 0.481 e. The van der Waals surface area contributed by atoms with Crippen LogP contribution in [0.1, 0.15) is 5.82 Å². The second-order valence-electron chi connectivity index (χ2n) is 3.23. The van der Waals surface area contributed by atoms with Crippen LogP contribution in [0.4, 0.5) is 5.82 Å². The van der Waals surface area contributed by atoms with Crippen molar-refractivity contribution in [3.63, 3.8) is 0 Å². The Hall–Kier alpha value is -1.69. The fourth-order valence-corrected chi connectivity index (χ4v) is 1.86. The van der Waals surface area contributed by atoms with Crippen LogP contribution in [-0.2, 0) is 11.2 Å². The number of fused-ring (bicyclic) bond motifs is 1. The van der Waals surface area contributed by atoms with Gasteiger partial charge in [-0.15, -0.1) is 0 Å². The van der Waals surface area contributed by atoms with Gasteiger partial charge in [0.15, 0.2) is 0 Å². The molecule has 0 bridgehead atoms. The van der Waals surface area contributed by atoms with E-state index >= 15 is 0 Å². The topological polar surface area (TPSA) is 89.1 Å². The Morgan fingerprint density at radius 1 is 1.44 bits per heavy atom. The van der Waals surface area contributed by atoms with E-state index in [1.807, 2.05) is 12.1 Å². The summed E-state index contributed by atoms with van der Waals surface area (Å²) in [5.74, 6) is -0.474. The summed E-state index contributed by atoms with van der Waals surface area (Å²) in [6, 6.07) is 5.43. The third-order valence-electron chi connectivity index (χ3n) is 2.06. The first kappa shape index (κ1) is 10.8. The zero-order valence-electron chi connectivity index (χ0n) is 8.14. The van der Waals surface area contributed by atoms with E-state index in [0.29, 0.717) is 16.7 Å². The molecule has 16 heavy (non-hydrogen) atoms. The number of anilines is 1. The lowest BCUT2D eigenvalue weighted by Crippen LogP contribution is -2.07. The number of rotatable bonds is 2. The summed E-state index contributed by atoms with van der Waals surface area (Å²) in [7, 11) is 0. The molecule has 0 atom stereocenters. The van der Waals surface area contributed by atoms with Crippen LogP contribution in [0.25, 0.3) is 10.9 Å². The predicted molar refractivity (Wildman–Crippen MR) is 63.0 cm³/mol. The van der Waals surface area contributed by atoms with Crippen LogP contribution in [0.5, 0.6) is 0 Å². The molecule has 0 spiro atoms. The van der Waals surface area contributed by atoms with Crippen molar-refractivity contribution in [2.45, 2.75) is 6.42 Å². The molecule has 82 valence electrons. The lowest BCUT2D eigenvalue weighted by Gasteiger charge is -2.04. The van der Waals surface area contributed by atoms with Gasteiger partial charge >= 0.3 is 5.97 Å². The minimum absolute atomic E-state index is 0.212. The number of carboxylic acids is 1. The number of nitrogens with two attached hydrogens (primary N) is 1. The molecule has 0 amide bonds. The number of hydrogen-bond acceptors (Lipinski definition) is 4. The molecule has 0 fully saturated rings. The van der Waals surface area contributed by atoms with Crippen LogP contribution >= 0.6 is 15.9 Å². The summed E-state index contributed by atoms with van der Waals surface area (Å²) in [4.78, 5) is 18.7. The van der Waals surface area contributed by atoms with Gasteiger partial charge in [-0.25, -0.2) is 9.97 Å². The molecule has 2 rings (SSSR count). The highest BCUT2D eigenvalue weighted by atomic mass is 79.9. The fraction of sp³-hybridized carbons (Fsp3) is 0.100. The molecule has 0 unspecified atom stereocenters. The Morgan fingerprint density at radius 3 is 2.88 bits per heavy atom. The zero-order valence-corrected chi connectivity index (χ0v) is 9.73. The summed E-state index contributed by atoms with van der Waals surface area (Å²) < 4.78 is 0.769. The molecule has 1 aromatic heterocycles. The quantitative estimate of drug-likeness (QED) is 0.873. The van der Waals surface area contributed by atoms with Gasteiger partial charge in [0.2, 0.25) is 0 Å². The van der Waals surface area contributed by atoms with Crippen LogP contribution in [0.15, 0.2) is 22.7 Å². The average Bonchev–Trinajstić information content (AvgIpc) is 2.19. The van der Waals surface area contributed by atoms with Crippen molar-refractivity contribution in [2.75, 3.05) is 5.73 Å².